The van der Waals surface area contributed by atoms with Gasteiger partial charge in [0.1, 0.15) is 11.3 Å². The highest BCUT2D eigenvalue weighted by Crippen LogP contribution is 2.28. The molecule has 0 spiro atoms. The third-order valence-corrected chi connectivity index (χ3v) is 2.92. The molecular formula is C17H18O4. The van der Waals surface area contributed by atoms with Gasteiger partial charge in [0.15, 0.2) is 6.79 Å². The zero-order chi connectivity index (χ0) is 15.1. The first-order valence-electron chi connectivity index (χ1n) is 6.74. The summed E-state index contributed by atoms with van der Waals surface area (Å²) >= 11 is 0. The molecule has 0 radical (unpaired) electrons. The second-order valence-electron chi connectivity index (χ2n) is 4.35. The van der Waals surface area contributed by atoms with E-state index in [1.54, 1.807) is 13.0 Å². The van der Waals surface area contributed by atoms with E-state index in [0.29, 0.717) is 17.9 Å². The molecule has 4 heteroatoms. The lowest BCUT2D eigenvalue weighted by atomic mass is 10.0. The van der Waals surface area contributed by atoms with Crippen molar-refractivity contribution in [3.63, 3.8) is 0 Å². The number of carbonyl (C=O) groups excluding carboxylic acids is 1. The number of hydrogen-bond acceptors (Lipinski definition) is 4. The topological polar surface area (TPSA) is 44.8 Å². The van der Waals surface area contributed by atoms with Crippen LogP contribution < -0.4 is 4.74 Å². The van der Waals surface area contributed by atoms with Crippen molar-refractivity contribution in [2.24, 2.45) is 0 Å². The Hall–Kier alpha value is -2.33. The average Bonchev–Trinajstić information content (AvgIpc) is 2.53. The van der Waals surface area contributed by atoms with Gasteiger partial charge in [-0.1, -0.05) is 36.4 Å². The first-order chi connectivity index (χ1) is 10.3. The molecule has 21 heavy (non-hydrogen) atoms. The molecule has 0 atom stereocenters. The van der Waals surface area contributed by atoms with Gasteiger partial charge in [0.25, 0.3) is 0 Å². The summed E-state index contributed by atoms with van der Waals surface area (Å²) in [6.45, 7) is 2.17. The Morgan fingerprint density at radius 3 is 2.48 bits per heavy atom. The van der Waals surface area contributed by atoms with Gasteiger partial charge in [0.2, 0.25) is 0 Å². The second kappa shape index (κ2) is 7.45. The van der Waals surface area contributed by atoms with Gasteiger partial charge in [-0.3, -0.25) is 0 Å². The lowest BCUT2D eigenvalue weighted by Gasteiger charge is -2.12. The summed E-state index contributed by atoms with van der Waals surface area (Å²) in [6, 6.07) is 15.3. The van der Waals surface area contributed by atoms with Crippen molar-refractivity contribution in [3.05, 3.63) is 54.1 Å². The van der Waals surface area contributed by atoms with E-state index < -0.39 is 5.97 Å². The molecule has 0 aromatic heterocycles. The van der Waals surface area contributed by atoms with Gasteiger partial charge < -0.3 is 14.2 Å². The van der Waals surface area contributed by atoms with Crippen LogP contribution in [-0.2, 0) is 9.47 Å². The normalized spacial score (nSPS) is 10.2. The van der Waals surface area contributed by atoms with E-state index in [9.17, 15) is 4.79 Å². The predicted octanol–water partition coefficient (Wildman–Crippen LogP) is 3.51. The van der Waals surface area contributed by atoms with Crippen molar-refractivity contribution in [2.45, 2.75) is 6.92 Å². The molecule has 0 bridgehead atoms. The van der Waals surface area contributed by atoms with Crippen LogP contribution in [0.3, 0.4) is 0 Å². The summed E-state index contributed by atoms with van der Waals surface area (Å²) in [5, 5.41) is 0. The van der Waals surface area contributed by atoms with E-state index in [-0.39, 0.29) is 6.79 Å². The molecule has 110 valence electrons. The molecule has 0 amide bonds. The number of benzene rings is 2. The van der Waals surface area contributed by atoms with Gasteiger partial charge in [0, 0.05) is 7.11 Å². The monoisotopic (exact) mass is 286 g/mol. The third kappa shape index (κ3) is 3.83. The van der Waals surface area contributed by atoms with Crippen molar-refractivity contribution >= 4 is 5.97 Å². The highest BCUT2D eigenvalue weighted by atomic mass is 16.7. The van der Waals surface area contributed by atoms with Gasteiger partial charge in [-0.2, -0.15) is 0 Å². The fourth-order valence-electron chi connectivity index (χ4n) is 1.95. The van der Waals surface area contributed by atoms with Crippen LogP contribution in [0.25, 0.3) is 11.1 Å². The lowest BCUT2D eigenvalue weighted by molar-refractivity contribution is 0.0438. The highest BCUT2D eigenvalue weighted by Gasteiger charge is 2.15. The van der Waals surface area contributed by atoms with Gasteiger partial charge in [0.05, 0.1) is 6.61 Å². The number of esters is 1. The van der Waals surface area contributed by atoms with E-state index in [1.807, 2.05) is 42.5 Å². The Labute approximate surface area is 124 Å². The molecule has 0 heterocycles. The summed E-state index contributed by atoms with van der Waals surface area (Å²) < 4.78 is 15.4. The number of carbonyl (C=O) groups is 1. The summed E-state index contributed by atoms with van der Waals surface area (Å²) in [5.41, 5.74) is 2.42. The molecule has 0 fully saturated rings. The average molecular weight is 286 g/mol. The minimum absolute atomic E-state index is 0.0741. The fraction of sp³-hybridized carbons (Fsp3) is 0.235. The molecule has 2 rings (SSSR count). The van der Waals surface area contributed by atoms with Crippen molar-refractivity contribution in [2.75, 3.05) is 20.5 Å². The van der Waals surface area contributed by atoms with Crippen LogP contribution in [0.15, 0.2) is 48.5 Å². The van der Waals surface area contributed by atoms with Gasteiger partial charge in [-0.25, -0.2) is 4.79 Å². The lowest BCUT2D eigenvalue weighted by Crippen LogP contribution is -2.09. The smallest absolute Gasteiger partial charge is 0.341 e. The fourth-order valence-corrected chi connectivity index (χ4v) is 1.95. The Kier molecular flexibility index (Phi) is 5.35. The number of hydrogen-bond donors (Lipinski definition) is 0. The standard InChI is InChI=1S/C17H18O4/c1-3-20-17(18)15-10-9-14(11-16(15)21-12-19-2)13-7-5-4-6-8-13/h4-11H,3,12H2,1-2H3. The summed E-state index contributed by atoms with van der Waals surface area (Å²) in [5.74, 6) is 0.0554. The van der Waals surface area contributed by atoms with E-state index in [2.05, 4.69) is 0 Å². The molecule has 2 aromatic rings. The van der Waals surface area contributed by atoms with Gasteiger partial charge >= 0.3 is 5.97 Å². The third-order valence-electron chi connectivity index (χ3n) is 2.92. The second-order valence-corrected chi connectivity index (χ2v) is 4.35. The Bertz CT molecular complexity index is 593. The molecule has 0 aliphatic carbocycles. The van der Waals surface area contributed by atoms with E-state index in [0.717, 1.165) is 11.1 Å². The van der Waals surface area contributed by atoms with E-state index in [1.165, 1.54) is 7.11 Å². The zero-order valence-corrected chi connectivity index (χ0v) is 12.2. The molecule has 0 aliphatic heterocycles. The Morgan fingerprint density at radius 2 is 1.81 bits per heavy atom. The number of rotatable bonds is 6. The van der Waals surface area contributed by atoms with E-state index >= 15 is 0 Å². The minimum Gasteiger partial charge on any atom is -0.467 e. The molecule has 0 saturated heterocycles. The summed E-state index contributed by atoms with van der Waals surface area (Å²) in [6.07, 6.45) is 0. The maximum atomic E-state index is 11.9. The molecule has 0 aliphatic rings. The maximum absolute atomic E-state index is 11.9. The molecule has 0 N–H and O–H groups in total. The van der Waals surface area contributed by atoms with Gasteiger partial charge in [-0.05, 0) is 30.2 Å². The SMILES string of the molecule is CCOC(=O)c1ccc(-c2ccccc2)cc1OCOC. The summed E-state index contributed by atoms with van der Waals surface area (Å²) in [7, 11) is 1.53. The highest BCUT2D eigenvalue weighted by molar-refractivity contribution is 5.93. The number of methoxy groups -OCH3 is 1. The van der Waals surface area contributed by atoms with Crippen LogP contribution in [0.2, 0.25) is 0 Å². The van der Waals surface area contributed by atoms with Crippen molar-refractivity contribution < 1.29 is 19.0 Å². The van der Waals surface area contributed by atoms with Crippen LogP contribution in [0.4, 0.5) is 0 Å². The minimum atomic E-state index is -0.400. The van der Waals surface area contributed by atoms with Crippen molar-refractivity contribution in [1.29, 1.82) is 0 Å². The molecule has 2 aromatic carbocycles. The maximum Gasteiger partial charge on any atom is 0.341 e. The molecule has 0 unspecified atom stereocenters. The number of ether oxygens (including phenoxy) is 3. The zero-order valence-electron chi connectivity index (χ0n) is 12.2. The van der Waals surface area contributed by atoms with Crippen LogP contribution in [0, 0.1) is 0 Å². The molecule has 0 saturated carbocycles. The predicted molar refractivity (Wildman–Crippen MR) is 80.3 cm³/mol. The quantitative estimate of drug-likeness (QED) is 0.602. The largest absolute Gasteiger partial charge is 0.467 e. The van der Waals surface area contributed by atoms with Crippen molar-refractivity contribution in [3.8, 4) is 16.9 Å². The molecular weight excluding hydrogens is 268 g/mol. The van der Waals surface area contributed by atoms with Crippen LogP contribution in [0.1, 0.15) is 17.3 Å². The van der Waals surface area contributed by atoms with Crippen LogP contribution >= 0.6 is 0 Å². The molecule has 4 nitrogen and oxygen atoms in total. The van der Waals surface area contributed by atoms with Crippen LogP contribution in [-0.4, -0.2) is 26.5 Å². The summed E-state index contributed by atoms with van der Waals surface area (Å²) in [4.78, 5) is 11.9. The Balaban J connectivity index is 2.37. The van der Waals surface area contributed by atoms with E-state index in [4.69, 9.17) is 14.2 Å². The van der Waals surface area contributed by atoms with Crippen molar-refractivity contribution in [1.82, 2.24) is 0 Å². The van der Waals surface area contributed by atoms with Crippen LogP contribution in [0.5, 0.6) is 5.75 Å². The first-order valence-corrected chi connectivity index (χ1v) is 6.74. The first kappa shape index (κ1) is 15.1. The van der Waals surface area contributed by atoms with Gasteiger partial charge in [-0.15, -0.1) is 0 Å². The Morgan fingerprint density at radius 1 is 1.05 bits per heavy atom.